The molecule has 0 fully saturated rings. The monoisotopic (exact) mass is 420 g/mol. The molecule has 4 nitrogen and oxygen atoms in total. The highest BCUT2D eigenvalue weighted by molar-refractivity contribution is 5.53. The summed E-state index contributed by atoms with van der Waals surface area (Å²) >= 11 is 0. The summed E-state index contributed by atoms with van der Waals surface area (Å²) in [4.78, 5) is 6.33. The van der Waals surface area contributed by atoms with Crippen LogP contribution in [0.4, 0.5) is 0 Å². The predicted octanol–water partition coefficient (Wildman–Crippen LogP) is 6.11. The van der Waals surface area contributed by atoms with Gasteiger partial charge in [0.15, 0.2) is 0 Å². The first-order valence-electron chi connectivity index (χ1n) is 10.9. The first-order valence-corrected chi connectivity index (χ1v) is 10.9. The van der Waals surface area contributed by atoms with Crippen LogP contribution in [0, 0.1) is 11.3 Å². The number of hydrogen-bond donors (Lipinski definition) is 0. The number of benzene rings is 2. The Morgan fingerprint density at radius 2 is 1.88 bits per heavy atom. The van der Waals surface area contributed by atoms with Gasteiger partial charge in [-0.05, 0) is 48.6 Å². The van der Waals surface area contributed by atoms with Crippen LogP contribution >= 0.6 is 0 Å². The average Bonchev–Trinajstić information content (AvgIpc) is 3.33. The molecule has 1 atom stereocenters. The van der Waals surface area contributed by atoms with Gasteiger partial charge in [0.1, 0.15) is 0 Å². The van der Waals surface area contributed by atoms with Gasteiger partial charge in [0.2, 0.25) is 0 Å². The normalized spacial score (nSPS) is 16.4. The Morgan fingerprint density at radius 1 is 1.09 bits per heavy atom. The van der Waals surface area contributed by atoms with Gasteiger partial charge in [0, 0.05) is 43.3 Å². The molecule has 3 aromatic rings. The van der Waals surface area contributed by atoms with Gasteiger partial charge in [-0.25, -0.2) is 4.98 Å². The molecule has 0 spiro atoms. The largest absolute Gasteiger partial charge is 0.352 e. The van der Waals surface area contributed by atoms with E-state index >= 15 is 0 Å². The van der Waals surface area contributed by atoms with E-state index in [2.05, 4.69) is 90.0 Å². The molecule has 0 aliphatic carbocycles. The SMILES string of the molecule is CC1=CC(c2ccccc2C#N)C(CC=Cc2ccc(Cn3ccnc3)cc2)=C(C)N1C. The zero-order valence-corrected chi connectivity index (χ0v) is 18.9. The zero-order valence-electron chi connectivity index (χ0n) is 18.9. The minimum atomic E-state index is 0.115. The fourth-order valence-electron chi connectivity index (χ4n) is 4.23. The molecule has 32 heavy (non-hydrogen) atoms. The fourth-order valence-corrected chi connectivity index (χ4v) is 4.23. The number of aromatic nitrogens is 2. The molecule has 160 valence electrons. The molecule has 1 aliphatic heterocycles. The third-order valence-corrected chi connectivity index (χ3v) is 6.25. The third-order valence-electron chi connectivity index (χ3n) is 6.25. The molecule has 0 saturated heterocycles. The van der Waals surface area contributed by atoms with E-state index in [-0.39, 0.29) is 5.92 Å². The van der Waals surface area contributed by atoms with E-state index in [4.69, 9.17) is 0 Å². The summed E-state index contributed by atoms with van der Waals surface area (Å²) in [5.74, 6) is 0.115. The van der Waals surface area contributed by atoms with Crippen LogP contribution in [0.2, 0.25) is 0 Å². The fraction of sp³-hybridized carbons (Fsp3) is 0.214. The van der Waals surface area contributed by atoms with Crippen LogP contribution < -0.4 is 0 Å². The summed E-state index contributed by atoms with van der Waals surface area (Å²) < 4.78 is 2.06. The maximum atomic E-state index is 9.63. The molecule has 1 aliphatic rings. The molecule has 0 radical (unpaired) electrons. The van der Waals surface area contributed by atoms with Crippen molar-refractivity contribution in [2.45, 2.75) is 32.7 Å². The summed E-state index contributed by atoms with van der Waals surface area (Å²) in [6.45, 7) is 5.13. The standard InChI is InChI=1S/C28H28N4/c1-21-17-28(27-9-5-4-8-25(27)18-29)26(22(2)31(21)3)10-6-7-23-11-13-24(14-12-23)19-32-16-15-30-20-32/h4-9,11-17,20,28H,10,19H2,1-3H3. The molecule has 0 saturated carbocycles. The molecule has 1 aromatic heterocycles. The average molecular weight is 421 g/mol. The highest BCUT2D eigenvalue weighted by Gasteiger charge is 2.25. The number of allylic oxidation sites excluding steroid dienone is 5. The number of nitrogens with zero attached hydrogens (tertiary/aromatic N) is 4. The predicted molar refractivity (Wildman–Crippen MR) is 130 cm³/mol. The van der Waals surface area contributed by atoms with Gasteiger partial charge in [-0.3, -0.25) is 0 Å². The van der Waals surface area contributed by atoms with E-state index in [9.17, 15) is 5.26 Å². The highest BCUT2D eigenvalue weighted by atomic mass is 15.1. The van der Waals surface area contributed by atoms with E-state index in [0.29, 0.717) is 0 Å². The Kier molecular flexibility index (Phi) is 6.37. The van der Waals surface area contributed by atoms with Crippen molar-refractivity contribution in [1.29, 1.82) is 5.26 Å². The lowest BCUT2D eigenvalue weighted by molar-refractivity contribution is 0.489. The molecule has 1 unspecified atom stereocenters. The van der Waals surface area contributed by atoms with Crippen molar-refractivity contribution < 1.29 is 0 Å². The van der Waals surface area contributed by atoms with Crippen molar-refractivity contribution in [3.63, 3.8) is 0 Å². The third kappa shape index (κ3) is 4.58. The lowest BCUT2D eigenvalue weighted by Gasteiger charge is -2.33. The van der Waals surface area contributed by atoms with Gasteiger partial charge >= 0.3 is 0 Å². The Hall–Kier alpha value is -3.84. The zero-order chi connectivity index (χ0) is 22.5. The summed E-state index contributed by atoms with van der Waals surface area (Å²) in [5.41, 5.74) is 8.05. The van der Waals surface area contributed by atoms with E-state index in [0.717, 1.165) is 24.1 Å². The van der Waals surface area contributed by atoms with Crippen molar-refractivity contribution in [1.82, 2.24) is 14.5 Å². The molecule has 4 rings (SSSR count). The Bertz CT molecular complexity index is 1210. The Balaban J connectivity index is 1.53. The van der Waals surface area contributed by atoms with Gasteiger partial charge in [-0.1, -0.05) is 60.7 Å². The van der Waals surface area contributed by atoms with Crippen LogP contribution in [0.15, 0.2) is 96.4 Å². The summed E-state index contributed by atoms with van der Waals surface area (Å²) in [6.07, 6.45) is 13.1. The van der Waals surface area contributed by atoms with Gasteiger partial charge in [-0.2, -0.15) is 5.26 Å². The second kappa shape index (κ2) is 9.53. The summed E-state index contributed by atoms with van der Waals surface area (Å²) in [5, 5.41) is 9.63. The van der Waals surface area contributed by atoms with Crippen molar-refractivity contribution in [3.8, 4) is 6.07 Å². The molecule has 0 amide bonds. The molecule has 4 heteroatoms. The Labute approximate surface area is 190 Å². The number of imidazole rings is 1. The van der Waals surface area contributed by atoms with E-state index in [1.807, 2.05) is 30.7 Å². The molecular formula is C28H28N4. The molecule has 2 heterocycles. The van der Waals surface area contributed by atoms with Gasteiger partial charge < -0.3 is 9.47 Å². The van der Waals surface area contributed by atoms with E-state index in [1.54, 1.807) is 6.20 Å². The second-order valence-electron chi connectivity index (χ2n) is 8.24. The maximum Gasteiger partial charge on any atom is 0.0994 e. The molecule has 0 N–H and O–H groups in total. The Morgan fingerprint density at radius 3 is 2.59 bits per heavy atom. The smallest absolute Gasteiger partial charge is 0.0994 e. The summed E-state index contributed by atoms with van der Waals surface area (Å²) in [6, 6.07) is 18.9. The lowest BCUT2D eigenvalue weighted by Crippen LogP contribution is -2.23. The van der Waals surface area contributed by atoms with Gasteiger partial charge in [0.25, 0.3) is 0 Å². The van der Waals surface area contributed by atoms with Gasteiger partial charge in [-0.15, -0.1) is 0 Å². The van der Waals surface area contributed by atoms with Crippen LogP contribution in [-0.4, -0.2) is 21.5 Å². The van der Waals surface area contributed by atoms with E-state index in [1.165, 1.54) is 28.1 Å². The number of nitriles is 1. The highest BCUT2D eigenvalue weighted by Crippen LogP contribution is 2.38. The first-order chi connectivity index (χ1) is 15.6. The quantitative estimate of drug-likeness (QED) is 0.483. The van der Waals surface area contributed by atoms with Crippen LogP contribution in [-0.2, 0) is 6.54 Å². The van der Waals surface area contributed by atoms with Crippen molar-refractivity contribution in [2.75, 3.05) is 7.05 Å². The topological polar surface area (TPSA) is 44.9 Å². The minimum absolute atomic E-state index is 0.115. The molecule has 2 aromatic carbocycles. The van der Waals surface area contributed by atoms with Crippen molar-refractivity contribution in [3.05, 3.63) is 119 Å². The lowest BCUT2D eigenvalue weighted by atomic mass is 9.82. The molecule has 0 bridgehead atoms. The van der Waals surface area contributed by atoms with Crippen LogP contribution in [0.5, 0.6) is 0 Å². The minimum Gasteiger partial charge on any atom is -0.352 e. The van der Waals surface area contributed by atoms with Crippen LogP contribution in [0.25, 0.3) is 6.08 Å². The van der Waals surface area contributed by atoms with Gasteiger partial charge in [0.05, 0.1) is 18.0 Å². The second-order valence-corrected chi connectivity index (χ2v) is 8.24. The van der Waals surface area contributed by atoms with Crippen LogP contribution in [0.1, 0.15) is 48.4 Å². The van der Waals surface area contributed by atoms with E-state index < -0.39 is 0 Å². The summed E-state index contributed by atoms with van der Waals surface area (Å²) in [7, 11) is 2.11. The first kappa shape index (κ1) is 21.4. The number of hydrogen-bond acceptors (Lipinski definition) is 3. The number of rotatable bonds is 6. The van der Waals surface area contributed by atoms with Crippen LogP contribution in [0.3, 0.4) is 0 Å². The van der Waals surface area contributed by atoms with Crippen molar-refractivity contribution in [2.24, 2.45) is 0 Å². The molecular weight excluding hydrogens is 392 g/mol. The maximum absolute atomic E-state index is 9.63. The van der Waals surface area contributed by atoms with Crippen molar-refractivity contribution >= 4 is 6.08 Å².